The molecule has 28 heavy (non-hydrogen) atoms. The highest BCUT2D eigenvalue weighted by Crippen LogP contribution is 2.19. The van der Waals surface area contributed by atoms with Gasteiger partial charge >= 0.3 is 12.6 Å². The molecule has 0 bridgehead atoms. The third kappa shape index (κ3) is 5.35. The molecule has 0 amide bonds. The predicted molar refractivity (Wildman–Crippen MR) is 96.6 cm³/mol. The number of rotatable bonds is 7. The maximum absolute atomic E-state index is 12.4. The summed E-state index contributed by atoms with van der Waals surface area (Å²) in [6.07, 6.45) is -0.156. The SMILES string of the molecule is Cc1ccc(S(C)(=O)=O)cc1C(=O)O[C@@H](C)C(=O)c1ccc(OC(F)F)cc1. The lowest BCUT2D eigenvalue weighted by Gasteiger charge is -2.14. The van der Waals surface area contributed by atoms with E-state index < -0.39 is 34.3 Å². The Morgan fingerprint density at radius 1 is 1.04 bits per heavy atom. The number of ether oxygens (including phenoxy) is 2. The van der Waals surface area contributed by atoms with Gasteiger partial charge in [0.15, 0.2) is 15.9 Å². The Labute approximate surface area is 161 Å². The molecule has 9 heteroatoms. The van der Waals surface area contributed by atoms with Gasteiger partial charge in [-0.15, -0.1) is 0 Å². The molecule has 0 radical (unpaired) electrons. The summed E-state index contributed by atoms with van der Waals surface area (Å²) in [5.41, 5.74) is 0.664. The van der Waals surface area contributed by atoms with Crippen LogP contribution in [0.3, 0.4) is 0 Å². The van der Waals surface area contributed by atoms with Crippen molar-refractivity contribution in [3.63, 3.8) is 0 Å². The number of esters is 1. The van der Waals surface area contributed by atoms with E-state index in [4.69, 9.17) is 4.74 Å². The zero-order chi connectivity index (χ0) is 21.1. The van der Waals surface area contributed by atoms with Crippen LogP contribution in [0.25, 0.3) is 0 Å². The van der Waals surface area contributed by atoms with Crippen LogP contribution >= 0.6 is 0 Å². The number of hydrogen-bond donors (Lipinski definition) is 0. The fourth-order valence-corrected chi connectivity index (χ4v) is 3.01. The minimum Gasteiger partial charge on any atom is -0.451 e. The first-order valence-corrected chi connectivity index (χ1v) is 9.99. The molecule has 0 aliphatic rings. The normalized spacial score (nSPS) is 12.5. The summed E-state index contributed by atoms with van der Waals surface area (Å²) in [5.74, 6) is -1.50. The highest BCUT2D eigenvalue weighted by molar-refractivity contribution is 7.90. The second-order valence-electron chi connectivity index (χ2n) is 6.06. The van der Waals surface area contributed by atoms with Crippen molar-refractivity contribution < 1.29 is 36.3 Å². The Bertz CT molecular complexity index is 984. The minimum atomic E-state index is -3.52. The van der Waals surface area contributed by atoms with Crippen LogP contribution in [-0.4, -0.2) is 39.1 Å². The quantitative estimate of drug-likeness (QED) is 0.512. The molecule has 0 aliphatic carbocycles. The van der Waals surface area contributed by atoms with Gasteiger partial charge in [0, 0.05) is 11.8 Å². The number of hydrogen-bond acceptors (Lipinski definition) is 6. The highest BCUT2D eigenvalue weighted by Gasteiger charge is 2.22. The van der Waals surface area contributed by atoms with Gasteiger partial charge in [-0.05, 0) is 55.8 Å². The fourth-order valence-electron chi connectivity index (χ4n) is 2.36. The lowest BCUT2D eigenvalue weighted by molar-refractivity contribution is -0.0498. The van der Waals surface area contributed by atoms with Gasteiger partial charge in [0.05, 0.1) is 10.5 Å². The molecule has 6 nitrogen and oxygen atoms in total. The van der Waals surface area contributed by atoms with E-state index in [1.165, 1.54) is 49.4 Å². The zero-order valence-corrected chi connectivity index (χ0v) is 16.1. The third-order valence-electron chi connectivity index (χ3n) is 3.87. The molecule has 0 unspecified atom stereocenters. The summed E-state index contributed by atoms with van der Waals surface area (Å²) in [4.78, 5) is 24.7. The number of carbonyl (C=O) groups excluding carboxylic acids is 2. The fraction of sp³-hybridized carbons (Fsp3) is 0.263. The van der Waals surface area contributed by atoms with Crippen LogP contribution in [0.5, 0.6) is 5.75 Å². The van der Waals surface area contributed by atoms with E-state index in [0.717, 1.165) is 6.26 Å². The molecular formula is C19H18F2O6S. The average Bonchev–Trinajstić information content (AvgIpc) is 2.60. The number of benzene rings is 2. The van der Waals surface area contributed by atoms with Crippen molar-refractivity contribution in [1.29, 1.82) is 0 Å². The molecule has 0 aliphatic heterocycles. The second-order valence-corrected chi connectivity index (χ2v) is 8.08. The van der Waals surface area contributed by atoms with Crippen molar-refractivity contribution in [2.75, 3.05) is 6.26 Å². The maximum atomic E-state index is 12.4. The second kappa shape index (κ2) is 8.47. The summed E-state index contributed by atoms with van der Waals surface area (Å²) in [5, 5.41) is 0. The molecule has 0 saturated carbocycles. The van der Waals surface area contributed by atoms with E-state index >= 15 is 0 Å². The zero-order valence-electron chi connectivity index (χ0n) is 15.3. The molecule has 0 aromatic heterocycles. The molecular weight excluding hydrogens is 394 g/mol. The molecule has 2 aromatic rings. The topological polar surface area (TPSA) is 86.7 Å². The van der Waals surface area contributed by atoms with Crippen LogP contribution < -0.4 is 4.74 Å². The number of Topliss-reactive ketones (excluding diaryl/α,β-unsaturated/α-hetero) is 1. The number of alkyl halides is 2. The Kier molecular flexibility index (Phi) is 6.50. The highest BCUT2D eigenvalue weighted by atomic mass is 32.2. The van der Waals surface area contributed by atoms with Gasteiger partial charge in [-0.3, -0.25) is 4.79 Å². The van der Waals surface area contributed by atoms with Gasteiger partial charge in [-0.1, -0.05) is 6.07 Å². The smallest absolute Gasteiger partial charge is 0.387 e. The van der Waals surface area contributed by atoms with Gasteiger partial charge in [0.25, 0.3) is 0 Å². The predicted octanol–water partition coefficient (Wildman–Crippen LogP) is 3.43. The minimum absolute atomic E-state index is 0.0308. The average molecular weight is 412 g/mol. The summed E-state index contributed by atoms with van der Waals surface area (Å²) >= 11 is 0. The van der Waals surface area contributed by atoms with Gasteiger partial charge in [0.2, 0.25) is 5.78 Å². The Balaban J connectivity index is 2.15. The first kappa shape index (κ1) is 21.5. The van der Waals surface area contributed by atoms with Crippen LogP contribution in [0.1, 0.15) is 33.2 Å². The van der Waals surface area contributed by atoms with E-state index in [2.05, 4.69) is 4.74 Å². The number of ketones is 1. The van der Waals surface area contributed by atoms with Crippen LogP contribution in [0.2, 0.25) is 0 Å². The number of aryl methyl sites for hydroxylation is 1. The van der Waals surface area contributed by atoms with E-state index in [1.807, 2.05) is 0 Å². The van der Waals surface area contributed by atoms with E-state index in [-0.39, 0.29) is 21.8 Å². The Hall–Kier alpha value is -2.81. The third-order valence-corrected chi connectivity index (χ3v) is 4.98. The van der Waals surface area contributed by atoms with Crippen molar-refractivity contribution in [2.24, 2.45) is 0 Å². The van der Waals surface area contributed by atoms with Crippen molar-refractivity contribution in [3.8, 4) is 5.75 Å². The number of sulfone groups is 1. The monoisotopic (exact) mass is 412 g/mol. The van der Waals surface area contributed by atoms with Crippen LogP contribution in [-0.2, 0) is 14.6 Å². The van der Waals surface area contributed by atoms with Gasteiger partial charge in [-0.2, -0.15) is 8.78 Å². The molecule has 2 aromatic carbocycles. The molecule has 2 rings (SSSR count). The largest absolute Gasteiger partial charge is 0.451 e. The molecule has 0 heterocycles. The molecule has 1 atom stereocenters. The summed E-state index contributed by atoms with van der Waals surface area (Å²) < 4.78 is 57.0. The lowest BCUT2D eigenvalue weighted by atomic mass is 10.1. The van der Waals surface area contributed by atoms with E-state index in [1.54, 1.807) is 6.92 Å². The molecule has 0 saturated heterocycles. The van der Waals surface area contributed by atoms with Gasteiger partial charge in [0.1, 0.15) is 5.75 Å². The van der Waals surface area contributed by atoms with E-state index in [9.17, 15) is 26.8 Å². The van der Waals surface area contributed by atoms with Crippen molar-refractivity contribution in [2.45, 2.75) is 31.5 Å². The molecule has 0 fully saturated rings. The Morgan fingerprint density at radius 3 is 2.18 bits per heavy atom. The van der Waals surface area contributed by atoms with Gasteiger partial charge in [-0.25, -0.2) is 13.2 Å². The Morgan fingerprint density at radius 2 is 1.64 bits per heavy atom. The summed E-state index contributed by atoms with van der Waals surface area (Å²) in [6.45, 7) is -0.0106. The molecule has 0 spiro atoms. The summed E-state index contributed by atoms with van der Waals surface area (Å²) in [6, 6.07) is 9.00. The summed E-state index contributed by atoms with van der Waals surface area (Å²) in [7, 11) is -3.52. The van der Waals surface area contributed by atoms with Crippen molar-refractivity contribution in [3.05, 3.63) is 59.2 Å². The van der Waals surface area contributed by atoms with Crippen molar-refractivity contribution >= 4 is 21.6 Å². The molecule has 0 N–H and O–H groups in total. The van der Waals surface area contributed by atoms with Gasteiger partial charge < -0.3 is 9.47 Å². The lowest BCUT2D eigenvalue weighted by Crippen LogP contribution is -2.25. The first-order valence-electron chi connectivity index (χ1n) is 8.10. The first-order chi connectivity index (χ1) is 13.0. The number of halogens is 2. The van der Waals surface area contributed by atoms with Crippen LogP contribution in [0, 0.1) is 6.92 Å². The number of carbonyl (C=O) groups is 2. The van der Waals surface area contributed by atoms with Crippen LogP contribution in [0.15, 0.2) is 47.4 Å². The maximum Gasteiger partial charge on any atom is 0.387 e. The molecule has 150 valence electrons. The standard InChI is InChI=1S/C19H18F2O6S/c1-11-4-9-15(28(3,24)25)10-16(11)18(23)26-12(2)17(22)13-5-7-14(8-6-13)27-19(20)21/h4-10,12,19H,1-3H3/t12-/m0/s1. The van der Waals surface area contributed by atoms with E-state index in [0.29, 0.717) is 5.56 Å². The van der Waals surface area contributed by atoms with Crippen molar-refractivity contribution in [1.82, 2.24) is 0 Å². The van der Waals surface area contributed by atoms with Crippen LogP contribution in [0.4, 0.5) is 8.78 Å².